The summed E-state index contributed by atoms with van der Waals surface area (Å²) >= 11 is 1.11. The number of carbonyl (C=O) groups is 1. The highest BCUT2D eigenvalue weighted by Gasteiger charge is 2.21. The summed E-state index contributed by atoms with van der Waals surface area (Å²) in [5.74, 6) is -1.26. The summed E-state index contributed by atoms with van der Waals surface area (Å²) in [5, 5.41) is 20.3. The highest BCUT2D eigenvalue weighted by molar-refractivity contribution is 7.99. The molecule has 1 aromatic carbocycles. The fraction of sp³-hybridized carbons (Fsp3) is 0.167. The lowest BCUT2D eigenvalue weighted by atomic mass is 10.1. The highest BCUT2D eigenvalue weighted by Crippen LogP contribution is 2.34. The van der Waals surface area contributed by atoms with Crippen molar-refractivity contribution in [2.24, 2.45) is 7.05 Å². The summed E-state index contributed by atoms with van der Waals surface area (Å²) in [4.78, 5) is 25.7. The van der Waals surface area contributed by atoms with Crippen molar-refractivity contribution >= 4 is 23.5 Å². The molecule has 2 rings (SSSR count). The molecule has 0 atom stereocenters. The molecule has 0 saturated carbocycles. The van der Waals surface area contributed by atoms with Gasteiger partial charge in [0.1, 0.15) is 0 Å². The quantitative estimate of drug-likeness (QED) is 0.687. The van der Waals surface area contributed by atoms with Crippen LogP contribution in [0.4, 0.5) is 5.82 Å². The van der Waals surface area contributed by atoms with Gasteiger partial charge in [-0.3, -0.25) is 0 Å². The fourth-order valence-electron chi connectivity index (χ4n) is 1.66. The van der Waals surface area contributed by atoms with Crippen molar-refractivity contribution in [2.75, 3.05) is 0 Å². The molecule has 104 valence electrons. The molecule has 0 radical (unpaired) electrons. The summed E-state index contributed by atoms with van der Waals surface area (Å²) in [7, 11) is 1.65. The first-order chi connectivity index (χ1) is 9.40. The molecule has 0 aliphatic rings. The number of nitro groups is 1. The third kappa shape index (κ3) is 2.64. The van der Waals surface area contributed by atoms with Gasteiger partial charge < -0.3 is 19.8 Å². The van der Waals surface area contributed by atoms with Gasteiger partial charge in [0.05, 0.1) is 5.56 Å². The van der Waals surface area contributed by atoms with E-state index >= 15 is 0 Å². The number of hydrogen-bond acceptors (Lipinski definition) is 5. The lowest BCUT2D eigenvalue weighted by Gasteiger charge is -2.05. The van der Waals surface area contributed by atoms with Gasteiger partial charge in [-0.05, 0) is 34.5 Å². The molecule has 0 fully saturated rings. The van der Waals surface area contributed by atoms with Gasteiger partial charge in [0.25, 0.3) is 0 Å². The third-order valence-corrected chi connectivity index (χ3v) is 3.85. The van der Waals surface area contributed by atoms with Crippen LogP contribution in [0, 0.1) is 17.0 Å². The van der Waals surface area contributed by atoms with Crippen molar-refractivity contribution in [3.8, 4) is 0 Å². The summed E-state index contributed by atoms with van der Waals surface area (Å²) in [6.45, 7) is 1.70. The Hall–Kier alpha value is -2.35. The Labute approximate surface area is 118 Å². The fourth-order valence-corrected chi connectivity index (χ4v) is 2.60. The SMILES string of the molecule is Cc1ccc(Sc2c([N+](=O)[O-])ncn2C)cc1C(=O)O. The van der Waals surface area contributed by atoms with Gasteiger partial charge in [-0.25, -0.2) is 4.79 Å². The van der Waals surface area contributed by atoms with Crippen LogP contribution in [0.2, 0.25) is 0 Å². The van der Waals surface area contributed by atoms with Crippen LogP contribution < -0.4 is 0 Å². The molecule has 1 aromatic heterocycles. The number of aromatic nitrogens is 2. The van der Waals surface area contributed by atoms with E-state index in [-0.39, 0.29) is 11.4 Å². The monoisotopic (exact) mass is 293 g/mol. The van der Waals surface area contributed by atoms with Gasteiger partial charge in [-0.2, -0.15) is 0 Å². The van der Waals surface area contributed by atoms with Crippen molar-refractivity contribution in [1.82, 2.24) is 9.55 Å². The number of benzene rings is 1. The second-order valence-corrected chi connectivity index (χ2v) is 5.19. The van der Waals surface area contributed by atoms with Crippen LogP contribution in [0.15, 0.2) is 34.4 Å². The summed E-state index contributed by atoms with van der Waals surface area (Å²) in [6.07, 6.45) is 1.35. The first-order valence-electron chi connectivity index (χ1n) is 5.57. The molecular formula is C12H11N3O4S. The maximum Gasteiger partial charge on any atom is 0.396 e. The zero-order chi connectivity index (χ0) is 14.9. The Kier molecular flexibility index (Phi) is 3.75. The number of carboxylic acids is 1. The van der Waals surface area contributed by atoms with E-state index in [1.807, 2.05) is 0 Å². The number of hydrogen-bond donors (Lipinski definition) is 1. The lowest BCUT2D eigenvalue weighted by molar-refractivity contribution is -0.392. The zero-order valence-electron chi connectivity index (χ0n) is 10.7. The number of rotatable bonds is 4. The molecule has 0 saturated heterocycles. The zero-order valence-corrected chi connectivity index (χ0v) is 11.5. The Balaban J connectivity index is 2.40. The van der Waals surface area contributed by atoms with E-state index < -0.39 is 10.9 Å². The summed E-state index contributed by atoms with van der Waals surface area (Å²) in [5.41, 5.74) is 0.821. The van der Waals surface area contributed by atoms with Crippen LogP contribution in [0.5, 0.6) is 0 Å². The van der Waals surface area contributed by atoms with Gasteiger partial charge in [0, 0.05) is 11.9 Å². The minimum atomic E-state index is -1.02. The minimum absolute atomic E-state index is 0.180. The van der Waals surface area contributed by atoms with E-state index in [9.17, 15) is 14.9 Å². The van der Waals surface area contributed by atoms with Crippen LogP contribution in [-0.2, 0) is 7.05 Å². The first-order valence-corrected chi connectivity index (χ1v) is 6.39. The molecule has 1 heterocycles. The molecule has 1 N–H and O–H groups in total. The Morgan fingerprint density at radius 1 is 1.50 bits per heavy atom. The topological polar surface area (TPSA) is 98.3 Å². The van der Waals surface area contributed by atoms with Gasteiger partial charge in [0.15, 0.2) is 5.03 Å². The largest absolute Gasteiger partial charge is 0.478 e. The minimum Gasteiger partial charge on any atom is -0.478 e. The molecule has 8 heteroatoms. The molecule has 0 spiro atoms. The molecule has 7 nitrogen and oxygen atoms in total. The molecule has 0 aliphatic carbocycles. The maximum atomic E-state index is 11.1. The van der Waals surface area contributed by atoms with Crippen LogP contribution in [-0.4, -0.2) is 25.6 Å². The number of aryl methyl sites for hydroxylation is 2. The average molecular weight is 293 g/mol. The average Bonchev–Trinajstić information content (AvgIpc) is 2.73. The van der Waals surface area contributed by atoms with Crippen LogP contribution in [0.3, 0.4) is 0 Å². The van der Waals surface area contributed by atoms with Crippen LogP contribution in [0.1, 0.15) is 15.9 Å². The van der Waals surface area contributed by atoms with E-state index in [2.05, 4.69) is 4.98 Å². The van der Waals surface area contributed by atoms with Crippen molar-refractivity contribution < 1.29 is 14.8 Å². The van der Waals surface area contributed by atoms with Crippen molar-refractivity contribution in [3.63, 3.8) is 0 Å². The second kappa shape index (κ2) is 5.33. The summed E-state index contributed by atoms with van der Waals surface area (Å²) < 4.78 is 1.53. The first kappa shape index (κ1) is 14.1. The van der Waals surface area contributed by atoms with E-state index in [0.717, 1.165) is 11.8 Å². The van der Waals surface area contributed by atoms with E-state index in [1.54, 1.807) is 26.1 Å². The lowest BCUT2D eigenvalue weighted by Crippen LogP contribution is -2.00. The molecular weight excluding hydrogens is 282 g/mol. The van der Waals surface area contributed by atoms with Crippen LogP contribution in [0.25, 0.3) is 0 Å². The predicted octanol–water partition coefficient (Wildman–Crippen LogP) is 2.49. The van der Waals surface area contributed by atoms with Gasteiger partial charge in [-0.15, -0.1) is 0 Å². The summed E-state index contributed by atoms with van der Waals surface area (Å²) in [6, 6.07) is 4.90. The standard InChI is InChI=1S/C12H11N3O4S/c1-7-3-4-8(5-9(7)12(16)17)20-11-10(15(18)19)13-6-14(11)2/h3-6H,1-2H3,(H,16,17). The van der Waals surface area contributed by atoms with Gasteiger partial charge in [0.2, 0.25) is 6.33 Å². The highest BCUT2D eigenvalue weighted by atomic mass is 32.2. The van der Waals surface area contributed by atoms with Crippen LogP contribution >= 0.6 is 11.8 Å². The molecule has 0 unspecified atom stereocenters. The third-order valence-electron chi connectivity index (χ3n) is 2.69. The van der Waals surface area contributed by atoms with E-state index in [1.165, 1.54) is 17.0 Å². The Bertz CT molecular complexity index is 696. The molecule has 0 aliphatic heterocycles. The van der Waals surface area contributed by atoms with Gasteiger partial charge in [-0.1, -0.05) is 17.8 Å². The van der Waals surface area contributed by atoms with Crippen molar-refractivity contribution in [1.29, 1.82) is 0 Å². The number of imidazole rings is 1. The number of carboxylic acid groups (broad SMARTS) is 1. The smallest absolute Gasteiger partial charge is 0.396 e. The maximum absolute atomic E-state index is 11.1. The Morgan fingerprint density at radius 3 is 2.80 bits per heavy atom. The number of aromatic carboxylic acids is 1. The van der Waals surface area contributed by atoms with Gasteiger partial charge >= 0.3 is 11.8 Å². The molecule has 0 bridgehead atoms. The Morgan fingerprint density at radius 2 is 2.20 bits per heavy atom. The van der Waals surface area contributed by atoms with Crippen molar-refractivity contribution in [3.05, 3.63) is 45.8 Å². The molecule has 0 amide bonds. The van der Waals surface area contributed by atoms with E-state index in [4.69, 9.17) is 5.11 Å². The normalized spacial score (nSPS) is 10.5. The second-order valence-electron chi connectivity index (χ2n) is 4.13. The predicted molar refractivity (Wildman–Crippen MR) is 72.1 cm³/mol. The molecule has 20 heavy (non-hydrogen) atoms. The molecule has 2 aromatic rings. The van der Waals surface area contributed by atoms with E-state index in [0.29, 0.717) is 15.5 Å². The van der Waals surface area contributed by atoms with Crippen molar-refractivity contribution in [2.45, 2.75) is 16.8 Å². The number of nitrogens with zero attached hydrogens (tertiary/aromatic N) is 3.